The predicted molar refractivity (Wildman–Crippen MR) is 114 cm³/mol. The van der Waals surface area contributed by atoms with E-state index in [9.17, 15) is 9.59 Å². The second-order valence-corrected chi connectivity index (χ2v) is 7.77. The van der Waals surface area contributed by atoms with Gasteiger partial charge in [0, 0.05) is 57.0 Å². The summed E-state index contributed by atoms with van der Waals surface area (Å²) >= 11 is 0. The van der Waals surface area contributed by atoms with Crippen molar-refractivity contribution >= 4 is 17.6 Å². The van der Waals surface area contributed by atoms with E-state index in [1.807, 2.05) is 36.1 Å². The number of aromatic nitrogens is 2. The zero-order chi connectivity index (χ0) is 21.8. The van der Waals surface area contributed by atoms with E-state index in [1.54, 1.807) is 22.1 Å². The van der Waals surface area contributed by atoms with Gasteiger partial charge in [-0.25, -0.2) is 9.78 Å². The number of urea groups is 1. The second kappa shape index (κ2) is 9.20. The fourth-order valence-corrected chi connectivity index (χ4v) is 3.84. The average Bonchev–Trinajstić information content (AvgIpc) is 3.15. The van der Waals surface area contributed by atoms with Gasteiger partial charge in [-0.05, 0) is 19.1 Å². The number of piperidine rings is 1. The number of rotatable bonds is 6. The highest BCUT2D eigenvalue weighted by atomic mass is 16.5. The summed E-state index contributed by atoms with van der Waals surface area (Å²) in [6, 6.07) is 9.69. The minimum Gasteiger partial charge on any atom is -0.474 e. The number of carbonyl (C=O) groups excluding carboxylic acids is 2. The molecule has 0 spiro atoms. The summed E-state index contributed by atoms with van der Waals surface area (Å²) < 4.78 is 10.9. The molecule has 0 unspecified atom stereocenters. The maximum atomic E-state index is 12.8. The van der Waals surface area contributed by atoms with Crippen molar-refractivity contribution in [1.29, 1.82) is 0 Å². The maximum Gasteiger partial charge on any atom is 0.325 e. The fourth-order valence-electron chi connectivity index (χ4n) is 3.84. The van der Waals surface area contributed by atoms with Crippen molar-refractivity contribution in [2.75, 3.05) is 44.7 Å². The first kappa shape index (κ1) is 20.9. The lowest BCUT2D eigenvalue weighted by Gasteiger charge is -2.32. The first-order chi connectivity index (χ1) is 15.0. The van der Waals surface area contributed by atoms with Crippen LogP contribution in [0.25, 0.3) is 0 Å². The number of likely N-dealkylation sites (tertiary alicyclic amines) is 1. The van der Waals surface area contributed by atoms with Crippen LogP contribution in [0.2, 0.25) is 0 Å². The number of anilines is 1. The molecule has 2 aromatic rings. The molecule has 0 N–H and O–H groups in total. The van der Waals surface area contributed by atoms with Crippen LogP contribution in [0.5, 0.6) is 11.9 Å². The Morgan fingerprint density at radius 3 is 2.55 bits per heavy atom. The molecule has 0 bridgehead atoms. The topological polar surface area (TPSA) is 88.1 Å². The predicted octanol–water partition coefficient (Wildman–Crippen LogP) is 2.11. The van der Waals surface area contributed by atoms with Crippen molar-refractivity contribution in [2.24, 2.45) is 0 Å². The minimum absolute atomic E-state index is 0.0193. The number of nitrogens with zero attached hydrogens (tertiary/aromatic N) is 5. The van der Waals surface area contributed by atoms with Gasteiger partial charge in [-0.3, -0.25) is 9.69 Å². The van der Waals surface area contributed by atoms with E-state index in [0.29, 0.717) is 44.9 Å². The first-order valence-corrected chi connectivity index (χ1v) is 10.5. The van der Waals surface area contributed by atoms with Crippen LogP contribution in [0.1, 0.15) is 18.4 Å². The van der Waals surface area contributed by atoms with Crippen molar-refractivity contribution in [2.45, 2.75) is 25.9 Å². The Bertz CT molecular complexity index is 928. The minimum atomic E-state index is -0.117. The third-order valence-electron chi connectivity index (χ3n) is 5.64. The van der Waals surface area contributed by atoms with E-state index in [1.165, 1.54) is 7.11 Å². The number of carbonyl (C=O) groups is 2. The molecule has 0 aliphatic carbocycles. The lowest BCUT2D eigenvalue weighted by atomic mass is 10.1. The van der Waals surface area contributed by atoms with E-state index in [0.717, 1.165) is 11.3 Å². The molecule has 2 aliphatic rings. The summed E-state index contributed by atoms with van der Waals surface area (Å²) in [6.45, 7) is 4.45. The van der Waals surface area contributed by atoms with Crippen molar-refractivity contribution < 1.29 is 19.1 Å². The number of methoxy groups -OCH3 is 1. The molecule has 3 heterocycles. The summed E-state index contributed by atoms with van der Waals surface area (Å²) in [5, 5.41) is 0. The molecule has 0 atom stereocenters. The molecule has 1 aromatic carbocycles. The lowest BCUT2D eigenvalue weighted by molar-refractivity contribution is -0.133. The molecule has 2 saturated heterocycles. The van der Waals surface area contributed by atoms with Crippen LogP contribution >= 0.6 is 0 Å². The van der Waals surface area contributed by atoms with Gasteiger partial charge in [0.25, 0.3) is 0 Å². The third-order valence-corrected chi connectivity index (χ3v) is 5.64. The average molecular weight is 425 g/mol. The van der Waals surface area contributed by atoms with Gasteiger partial charge in [0.2, 0.25) is 11.8 Å². The van der Waals surface area contributed by atoms with Gasteiger partial charge in [-0.1, -0.05) is 17.7 Å². The lowest BCUT2D eigenvalue weighted by Crippen LogP contribution is -2.47. The normalized spacial score (nSPS) is 17.2. The van der Waals surface area contributed by atoms with Crippen molar-refractivity contribution in [3.63, 3.8) is 0 Å². The van der Waals surface area contributed by atoms with E-state index in [2.05, 4.69) is 9.97 Å². The second-order valence-electron chi connectivity index (χ2n) is 7.77. The molecular formula is C22H27N5O4. The van der Waals surface area contributed by atoms with Gasteiger partial charge in [-0.2, -0.15) is 4.98 Å². The van der Waals surface area contributed by atoms with E-state index >= 15 is 0 Å². The van der Waals surface area contributed by atoms with Crippen LogP contribution in [-0.2, 0) is 4.79 Å². The van der Waals surface area contributed by atoms with Gasteiger partial charge < -0.3 is 19.3 Å². The molecule has 0 radical (unpaired) electrons. The Balaban J connectivity index is 1.26. The summed E-state index contributed by atoms with van der Waals surface area (Å²) in [7, 11) is 1.51. The molecule has 4 rings (SSSR count). The highest BCUT2D eigenvalue weighted by Gasteiger charge is 2.33. The van der Waals surface area contributed by atoms with Crippen LogP contribution in [0, 0.1) is 6.92 Å². The standard InChI is InChI=1S/C22H27N5O4/c1-16-3-5-17(6-4-16)27-14-13-26(22(27)29)15-20(28)25-11-8-18(9-12-25)31-19-7-10-23-21(24-19)30-2/h3-7,10,18H,8-9,11-15H2,1-2H3. The number of amides is 3. The smallest absolute Gasteiger partial charge is 0.325 e. The molecule has 9 heteroatoms. The Labute approximate surface area is 181 Å². The summed E-state index contributed by atoms with van der Waals surface area (Å²) in [5.74, 6) is 0.441. The van der Waals surface area contributed by atoms with Crippen LogP contribution in [0.15, 0.2) is 36.5 Å². The summed E-state index contributed by atoms with van der Waals surface area (Å²) in [5.41, 5.74) is 2.01. The fraction of sp³-hybridized carbons (Fsp3) is 0.455. The van der Waals surface area contributed by atoms with Crippen LogP contribution in [0.3, 0.4) is 0 Å². The first-order valence-electron chi connectivity index (χ1n) is 10.5. The molecule has 3 amide bonds. The summed E-state index contributed by atoms with van der Waals surface area (Å²) in [4.78, 5) is 38.8. The van der Waals surface area contributed by atoms with Gasteiger partial charge in [0.15, 0.2) is 0 Å². The highest BCUT2D eigenvalue weighted by molar-refractivity contribution is 5.96. The molecule has 1 aromatic heterocycles. The third kappa shape index (κ3) is 4.87. The Morgan fingerprint density at radius 2 is 1.84 bits per heavy atom. The summed E-state index contributed by atoms with van der Waals surface area (Å²) in [6.07, 6.45) is 2.99. The van der Waals surface area contributed by atoms with E-state index < -0.39 is 0 Å². The van der Waals surface area contributed by atoms with Gasteiger partial charge in [0.05, 0.1) is 7.11 Å². The molecule has 9 nitrogen and oxygen atoms in total. The van der Waals surface area contributed by atoms with Crippen molar-refractivity contribution in [3.8, 4) is 11.9 Å². The van der Waals surface area contributed by atoms with E-state index in [-0.39, 0.29) is 30.6 Å². The van der Waals surface area contributed by atoms with Gasteiger partial charge >= 0.3 is 12.0 Å². The SMILES string of the molecule is COc1nccc(OC2CCN(C(=O)CN3CCN(c4ccc(C)cc4)C3=O)CC2)n1. The van der Waals surface area contributed by atoms with Gasteiger partial charge in [-0.15, -0.1) is 0 Å². The van der Waals surface area contributed by atoms with Crippen LogP contribution < -0.4 is 14.4 Å². The quantitative estimate of drug-likeness (QED) is 0.704. The Kier molecular flexibility index (Phi) is 6.20. The molecule has 0 saturated carbocycles. The molecule has 164 valence electrons. The maximum absolute atomic E-state index is 12.8. The molecule has 2 aliphatic heterocycles. The molecule has 2 fully saturated rings. The number of hydrogen-bond acceptors (Lipinski definition) is 6. The highest BCUT2D eigenvalue weighted by Crippen LogP contribution is 2.22. The monoisotopic (exact) mass is 425 g/mol. The number of ether oxygens (including phenoxy) is 2. The molecular weight excluding hydrogens is 398 g/mol. The number of aryl methyl sites for hydroxylation is 1. The van der Waals surface area contributed by atoms with Crippen molar-refractivity contribution in [3.05, 3.63) is 42.1 Å². The van der Waals surface area contributed by atoms with Crippen LogP contribution in [0.4, 0.5) is 10.5 Å². The van der Waals surface area contributed by atoms with Crippen molar-refractivity contribution in [1.82, 2.24) is 19.8 Å². The van der Waals surface area contributed by atoms with Gasteiger partial charge in [0.1, 0.15) is 12.6 Å². The molecule has 31 heavy (non-hydrogen) atoms. The van der Waals surface area contributed by atoms with E-state index in [4.69, 9.17) is 9.47 Å². The number of benzene rings is 1. The van der Waals surface area contributed by atoms with Crippen LogP contribution in [-0.4, -0.2) is 77.6 Å². The zero-order valence-electron chi connectivity index (χ0n) is 17.9. The largest absolute Gasteiger partial charge is 0.474 e. The Morgan fingerprint density at radius 1 is 1.10 bits per heavy atom. The number of hydrogen-bond donors (Lipinski definition) is 0. The zero-order valence-corrected chi connectivity index (χ0v) is 17.9. The Hall–Kier alpha value is -3.36.